The Balaban J connectivity index is 2.47. The summed E-state index contributed by atoms with van der Waals surface area (Å²) in [7, 11) is 1.99. The van der Waals surface area contributed by atoms with Crippen molar-refractivity contribution in [1.29, 1.82) is 0 Å². The number of hydrogen-bond donors (Lipinski definition) is 1. The number of nitrogens with zero attached hydrogens (tertiary/aromatic N) is 2. The first-order valence-corrected chi connectivity index (χ1v) is 5.36. The first-order valence-electron chi connectivity index (χ1n) is 5.36. The van der Waals surface area contributed by atoms with E-state index in [1.54, 1.807) is 0 Å². The summed E-state index contributed by atoms with van der Waals surface area (Å²) in [6, 6.07) is 0. The fourth-order valence-electron chi connectivity index (χ4n) is 1.59. The largest absolute Gasteiger partial charge is 0.312 e. The van der Waals surface area contributed by atoms with Crippen LogP contribution in [0.3, 0.4) is 0 Å². The van der Waals surface area contributed by atoms with Crippen LogP contribution in [0, 0.1) is 13.8 Å². The first kappa shape index (κ1) is 12.0. The first-order chi connectivity index (χ1) is 7.02. The lowest BCUT2D eigenvalue weighted by molar-refractivity contribution is 0.677. The number of aryl methyl sites for hydroxylation is 2. The highest BCUT2D eigenvalue weighted by molar-refractivity contribution is 5.23. The van der Waals surface area contributed by atoms with Gasteiger partial charge in [-0.3, -0.25) is 4.68 Å². The molecule has 0 aromatic carbocycles. The highest BCUT2D eigenvalue weighted by Crippen LogP contribution is 2.11. The van der Waals surface area contributed by atoms with Gasteiger partial charge in [-0.1, -0.05) is 5.57 Å². The van der Waals surface area contributed by atoms with E-state index >= 15 is 0 Å². The van der Waals surface area contributed by atoms with Crippen molar-refractivity contribution in [3.05, 3.63) is 29.1 Å². The molecule has 0 fully saturated rings. The lowest BCUT2D eigenvalue weighted by atomic mass is 10.2. The van der Waals surface area contributed by atoms with Crippen molar-refractivity contribution >= 4 is 0 Å². The van der Waals surface area contributed by atoms with Crippen molar-refractivity contribution in [1.82, 2.24) is 15.1 Å². The molecule has 1 N–H and O–H groups in total. The normalized spacial score (nSPS) is 10.7. The Hall–Kier alpha value is -1.09. The number of aromatic nitrogens is 2. The van der Waals surface area contributed by atoms with Crippen LogP contribution in [0.2, 0.25) is 0 Å². The summed E-state index contributed by atoms with van der Waals surface area (Å²) in [5.74, 6) is 0. The van der Waals surface area contributed by atoms with E-state index in [1.807, 2.05) is 11.7 Å². The van der Waals surface area contributed by atoms with Crippen LogP contribution in [0.15, 0.2) is 12.2 Å². The Bertz CT molecular complexity index is 350. The zero-order chi connectivity index (χ0) is 11.4. The van der Waals surface area contributed by atoms with E-state index < -0.39 is 0 Å². The summed E-state index contributed by atoms with van der Waals surface area (Å²) in [6.07, 6.45) is 1.04. The van der Waals surface area contributed by atoms with E-state index in [4.69, 9.17) is 0 Å². The van der Waals surface area contributed by atoms with Gasteiger partial charge in [-0.05, 0) is 33.7 Å². The second-order valence-corrected chi connectivity index (χ2v) is 4.16. The van der Waals surface area contributed by atoms with Gasteiger partial charge in [0.05, 0.1) is 5.69 Å². The van der Waals surface area contributed by atoms with E-state index in [2.05, 4.69) is 37.8 Å². The third kappa shape index (κ3) is 3.20. The highest BCUT2D eigenvalue weighted by atomic mass is 15.3. The van der Waals surface area contributed by atoms with Gasteiger partial charge in [-0.2, -0.15) is 5.10 Å². The van der Waals surface area contributed by atoms with Gasteiger partial charge in [-0.25, -0.2) is 0 Å². The fourth-order valence-corrected chi connectivity index (χ4v) is 1.59. The molecular formula is C12H21N3. The predicted octanol–water partition coefficient (Wildman–Crippen LogP) is 2.09. The molecule has 0 atom stereocenters. The van der Waals surface area contributed by atoms with Gasteiger partial charge in [0.25, 0.3) is 0 Å². The minimum absolute atomic E-state index is 0.902. The summed E-state index contributed by atoms with van der Waals surface area (Å²) >= 11 is 0. The Kier molecular flexibility index (Phi) is 4.09. The third-order valence-corrected chi connectivity index (χ3v) is 2.69. The molecule has 0 amide bonds. The summed E-state index contributed by atoms with van der Waals surface area (Å²) in [5.41, 5.74) is 4.91. The maximum absolute atomic E-state index is 4.38. The van der Waals surface area contributed by atoms with Gasteiger partial charge in [0.1, 0.15) is 0 Å². The SMILES string of the molecule is C=C(C)CCNCc1c(C)nn(C)c1C. The summed E-state index contributed by atoms with van der Waals surface area (Å²) < 4.78 is 1.94. The molecule has 0 radical (unpaired) electrons. The lowest BCUT2D eigenvalue weighted by Crippen LogP contribution is -2.15. The van der Waals surface area contributed by atoms with Crippen LogP contribution >= 0.6 is 0 Å². The number of hydrogen-bond acceptors (Lipinski definition) is 2. The minimum atomic E-state index is 0.902. The summed E-state index contributed by atoms with van der Waals surface area (Å²) in [4.78, 5) is 0. The molecule has 0 spiro atoms. The van der Waals surface area contributed by atoms with Crippen LogP contribution in [0.5, 0.6) is 0 Å². The second kappa shape index (κ2) is 5.12. The van der Waals surface area contributed by atoms with Gasteiger partial charge in [-0.15, -0.1) is 6.58 Å². The Morgan fingerprint density at radius 3 is 2.60 bits per heavy atom. The second-order valence-electron chi connectivity index (χ2n) is 4.16. The highest BCUT2D eigenvalue weighted by Gasteiger charge is 2.07. The maximum atomic E-state index is 4.38. The average molecular weight is 207 g/mol. The number of rotatable bonds is 5. The van der Waals surface area contributed by atoms with Crippen LogP contribution < -0.4 is 5.32 Å². The monoisotopic (exact) mass is 207 g/mol. The van der Waals surface area contributed by atoms with Crippen LogP contribution in [0.1, 0.15) is 30.3 Å². The molecule has 15 heavy (non-hydrogen) atoms. The van der Waals surface area contributed by atoms with Gasteiger partial charge in [0.15, 0.2) is 0 Å². The third-order valence-electron chi connectivity index (χ3n) is 2.69. The van der Waals surface area contributed by atoms with E-state index in [1.165, 1.54) is 16.8 Å². The molecule has 0 aliphatic rings. The van der Waals surface area contributed by atoms with Crippen LogP contribution in [-0.4, -0.2) is 16.3 Å². The van der Waals surface area contributed by atoms with Crippen molar-refractivity contribution in [2.24, 2.45) is 7.05 Å². The molecule has 0 bridgehead atoms. The molecule has 0 aliphatic carbocycles. The molecule has 1 aromatic rings. The van der Waals surface area contributed by atoms with E-state index in [0.717, 1.165) is 25.2 Å². The van der Waals surface area contributed by atoms with Crippen LogP contribution in [0.4, 0.5) is 0 Å². The Morgan fingerprint density at radius 1 is 1.47 bits per heavy atom. The molecule has 1 heterocycles. The Labute approximate surface area is 92.2 Å². The Morgan fingerprint density at radius 2 is 2.13 bits per heavy atom. The molecule has 84 valence electrons. The van der Waals surface area contributed by atoms with Gasteiger partial charge in [0.2, 0.25) is 0 Å². The zero-order valence-electron chi connectivity index (χ0n) is 10.2. The van der Waals surface area contributed by atoms with E-state index in [0.29, 0.717) is 0 Å². The molecular weight excluding hydrogens is 186 g/mol. The molecule has 0 saturated carbocycles. The van der Waals surface area contributed by atoms with Crippen LogP contribution in [0.25, 0.3) is 0 Å². The molecule has 1 aromatic heterocycles. The van der Waals surface area contributed by atoms with Crippen molar-refractivity contribution in [3.8, 4) is 0 Å². The molecule has 0 unspecified atom stereocenters. The van der Waals surface area contributed by atoms with Crippen molar-refractivity contribution < 1.29 is 0 Å². The quantitative estimate of drug-likeness (QED) is 0.592. The van der Waals surface area contributed by atoms with E-state index in [-0.39, 0.29) is 0 Å². The predicted molar refractivity (Wildman–Crippen MR) is 63.8 cm³/mol. The smallest absolute Gasteiger partial charge is 0.0641 e. The topological polar surface area (TPSA) is 29.9 Å². The molecule has 0 aliphatic heterocycles. The average Bonchev–Trinajstić information content (AvgIpc) is 2.37. The lowest BCUT2D eigenvalue weighted by Gasteiger charge is -2.05. The zero-order valence-corrected chi connectivity index (χ0v) is 10.2. The van der Waals surface area contributed by atoms with Gasteiger partial charge < -0.3 is 5.32 Å². The van der Waals surface area contributed by atoms with Crippen molar-refractivity contribution in [2.45, 2.75) is 33.7 Å². The summed E-state index contributed by atoms with van der Waals surface area (Å²) in [5, 5.41) is 7.80. The molecule has 3 heteroatoms. The molecule has 0 saturated heterocycles. The van der Waals surface area contributed by atoms with Crippen molar-refractivity contribution in [3.63, 3.8) is 0 Å². The maximum Gasteiger partial charge on any atom is 0.0641 e. The van der Waals surface area contributed by atoms with Crippen molar-refractivity contribution in [2.75, 3.05) is 6.54 Å². The van der Waals surface area contributed by atoms with E-state index in [9.17, 15) is 0 Å². The fraction of sp³-hybridized carbons (Fsp3) is 0.583. The summed E-state index contributed by atoms with van der Waals surface area (Å²) in [6.45, 7) is 12.0. The van der Waals surface area contributed by atoms with Gasteiger partial charge in [0, 0.05) is 24.8 Å². The minimum Gasteiger partial charge on any atom is -0.312 e. The molecule has 3 nitrogen and oxygen atoms in total. The van der Waals surface area contributed by atoms with Crippen LogP contribution in [-0.2, 0) is 13.6 Å². The van der Waals surface area contributed by atoms with Gasteiger partial charge >= 0.3 is 0 Å². The standard InChI is InChI=1S/C12H21N3/c1-9(2)6-7-13-8-12-10(3)14-15(5)11(12)4/h13H,1,6-8H2,2-5H3. The number of nitrogens with one attached hydrogen (secondary N) is 1. The molecule has 1 rings (SSSR count).